The molecule has 2 atom stereocenters. The molecule has 18 heavy (non-hydrogen) atoms. The molecule has 0 spiro atoms. The van der Waals surface area contributed by atoms with Crippen LogP contribution in [0.2, 0.25) is 19.6 Å². The van der Waals surface area contributed by atoms with E-state index in [0.717, 1.165) is 19.3 Å². The Balaban J connectivity index is 2.58. The van der Waals surface area contributed by atoms with Crippen LogP contribution in [-0.2, 0) is 0 Å². The second-order valence-electron chi connectivity index (χ2n) is 7.32. The highest BCUT2D eigenvalue weighted by Gasteiger charge is 2.34. The molecule has 0 aromatic rings. The fraction of sp³-hybridized carbons (Fsp3) is 0.750. The largest absolute Gasteiger partial charge is 0.389 e. The summed E-state index contributed by atoms with van der Waals surface area (Å²) in [6, 6.07) is 0. The van der Waals surface area contributed by atoms with Crippen molar-refractivity contribution in [1.82, 2.24) is 0 Å². The van der Waals surface area contributed by atoms with Gasteiger partial charge >= 0.3 is 0 Å². The van der Waals surface area contributed by atoms with Gasteiger partial charge in [-0.05, 0) is 24.2 Å². The molecule has 0 fully saturated rings. The zero-order chi connectivity index (χ0) is 14.0. The lowest BCUT2D eigenvalue weighted by atomic mass is 9.68. The van der Waals surface area contributed by atoms with E-state index in [2.05, 4.69) is 58.0 Å². The molecule has 0 amide bonds. The van der Waals surface area contributed by atoms with Crippen LogP contribution in [0, 0.1) is 22.8 Å². The van der Waals surface area contributed by atoms with Gasteiger partial charge in [0.05, 0.1) is 6.10 Å². The smallest absolute Gasteiger partial charge is 0.129 e. The van der Waals surface area contributed by atoms with Crippen LogP contribution in [0.5, 0.6) is 0 Å². The standard InChI is InChI=1S/C16H28OSi/c1-13-15(17)11-14(12-16(13,2)3)9-7-8-10-18(4,5)6/h11,13,15,17H,7,9,12H2,1-6H3/t13-,15+/m0/s1. The summed E-state index contributed by atoms with van der Waals surface area (Å²) >= 11 is 0. The van der Waals surface area contributed by atoms with Gasteiger partial charge in [-0.1, -0.05) is 52.1 Å². The van der Waals surface area contributed by atoms with Crippen LogP contribution in [-0.4, -0.2) is 19.3 Å². The lowest BCUT2D eigenvalue weighted by Gasteiger charge is -2.39. The van der Waals surface area contributed by atoms with E-state index in [9.17, 15) is 5.11 Å². The third-order valence-electron chi connectivity index (χ3n) is 3.87. The molecule has 0 saturated heterocycles. The molecule has 0 aliphatic heterocycles. The first-order valence-electron chi connectivity index (χ1n) is 6.99. The zero-order valence-corrected chi connectivity index (χ0v) is 13.8. The normalized spacial score (nSPS) is 27.2. The van der Waals surface area contributed by atoms with E-state index in [1.807, 2.05) is 0 Å². The van der Waals surface area contributed by atoms with E-state index in [0.29, 0.717) is 5.92 Å². The first kappa shape index (κ1) is 15.5. The average molecular weight is 264 g/mol. The monoisotopic (exact) mass is 264 g/mol. The molecule has 0 radical (unpaired) electrons. The van der Waals surface area contributed by atoms with E-state index >= 15 is 0 Å². The fourth-order valence-electron chi connectivity index (χ4n) is 2.38. The van der Waals surface area contributed by atoms with Crippen molar-refractivity contribution in [2.75, 3.05) is 0 Å². The van der Waals surface area contributed by atoms with E-state index in [1.54, 1.807) is 0 Å². The van der Waals surface area contributed by atoms with Crippen LogP contribution in [0.1, 0.15) is 40.0 Å². The van der Waals surface area contributed by atoms with Crippen molar-refractivity contribution in [3.05, 3.63) is 11.6 Å². The number of aliphatic hydroxyl groups is 1. The number of hydrogen-bond donors (Lipinski definition) is 1. The van der Waals surface area contributed by atoms with Gasteiger partial charge in [-0.3, -0.25) is 0 Å². The third-order valence-corrected chi connectivity index (χ3v) is 4.80. The maximum absolute atomic E-state index is 10.1. The molecule has 0 heterocycles. The Labute approximate surface area is 114 Å². The maximum atomic E-state index is 10.1. The van der Waals surface area contributed by atoms with Crippen LogP contribution in [0.4, 0.5) is 0 Å². The molecular weight excluding hydrogens is 236 g/mol. The predicted molar refractivity (Wildman–Crippen MR) is 82.0 cm³/mol. The summed E-state index contributed by atoms with van der Waals surface area (Å²) in [7, 11) is -1.23. The van der Waals surface area contributed by atoms with Crippen molar-refractivity contribution in [3.63, 3.8) is 0 Å². The molecule has 1 rings (SSSR count). The van der Waals surface area contributed by atoms with Gasteiger partial charge in [0.2, 0.25) is 0 Å². The second-order valence-corrected chi connectivity index (χ2v) is 12.1. The van der Waals surface area contributed by atoms with Crippen molar-refractivity contribution >= 4 is 8.07 Å². The van der Waals surface area contributed by atoms with Gasteiger partial charge < -0.3 is 5.11 Å². The van der Waals surface area contributed by atoms with Crippen LogP contribution in [0.25, 0.3) is 0 Å². The molecule has 1 N–H and O–H groups in total. The average Bonchev–Trinajstić information content (AvgIpc) is 2.19. The van der Waals surface area contributed by atoms with Crippen LogP contribution in [0.15, 0.2) is 11.6 Å². The Hall–Kier alpha value is -0.523. The van der Waals surface area contributed by atoms with Crippen molar-refractivity contribution in [3.8, 4) is 11.5 Å². The summed E-state index contributed by atoms with van der Waals surface area (Å²) in [4.78, 5) is 0. The molecule has 1 aliphatic carbocycles. The summed E-state index contributed by atoms with van der Waals surface area (Å²) in [5.74, 6) is 3.66. The predicted octanol–water partition coefficient (Wildman–Crippen LogP) is 4.00. The number of allylic oxidation sites excluding steroid dienone is 1. The van der Waals surface area contributed by atoms with Crippen LogP contribution in [0.3, 0.4) is 0 Å². The minimum atomic E-state index is -1.23. The molecule has 0 bridgehead atoms. The van der Waals surface area contributed by atoms with Gasteiger partial charge in [-0.25, -0.2) is 0 Å². The lowest BCUT2D eigenvalue weighted by molar-refractivity contribution is 0.0652. The highest BCUT2D eigenvalue weighted by Crippen LogP contribution is 2.41. The van der Waals surface area contributed by atoms with Gasteiger partial charge in [0.15, 0.2) is 0 Å². The highest BCUT2D eigenvalue weighted by atomic mass is 28.3. The number of hydrogen-bond acceptors (Lipinski definition) is 1. The SMILES string of the molecule is C[C@H]1[C@H](O)C=C(CCC#C[Si](C)(C)C)CC1(C)C. The van der Waals surface area contributed by atoms with E-state index in [-0.39, 0.29) is 11.5 Å². The molecule has 0 aromatic heterocycles. The van der Waals surface area contributed by atoms with Crippen molar-refractivity contribution in [1.29, 1.82) is 0 Å². The van der Waals surface area contributed by atoms with Crippen molar-refractivity contribution < 1.29 is 5.11 Å². The molecule has 2 heteroatoms. The van der Waals surface area contributed by atoms with Gasteiger partial charge in [-0.2, -0.15) is 0 Å². The summed E-state index contributed by atoms with van der Waals surface area (Å²) in [5.41, 5.74) is 4.99. The molecular formula is C16H28OSi. The maximum Gasteiger partial charge on any atom is 0.129 e. The Morgan fingerprint density at radius 1 is 1.39 bits per heavy atom. The first-order chi connectivity index (χ1) is 8.12. The number of aliphatic hydroxyl groups excluding tert-OH is 1. The zero-order valence-electron chi connectivity index (χ0n) is 12.8. The van der Waals surface area contributed by atoms with Gasteiger partial charge in [0, 0.05) is 6.42 Å². The van der Waals surface area contributed by atoms with E-state index < -0.39 is 8.07 Å². The quantitative estimate of drug-likeness (QED) is 0.454. The summed E-state index contributed by atoms with van der Waals surface area (Å²) in [6.07, 6.45) is 4.83. The molecule has 1 aliphatic rings. The minimum Gasteiger partial charge on any atom is -0.389 e. The fourth-order valence-corrected chi connectivity index (χ4v) is 3.03. The highest BCUT2D eigenvalue weighted by molar-refractivity contribution is 6.83. The summed E-state index contributed by atoms with van der Waals surface area (Å²) < 4.78 is 0. The molecule has 0 saturated carbocycles. The Kier molecular flexibility index (Phi) is 4.86. The Morgan fingerprint density at radius 2 is 2.00 bits per heavy atom. The molecule has 0 aromatic carbocycles. The summed E-state index contributed by atoms with van der Waals surface area (Å²) in [5, 5.41) is 10.1. The van der Waals surface area contributed by atoms with E-state index in [4.69, 9.17) is 0 Å². The van der Waals surface area contributed by atoms with Gasteiger partial charge in [-0.15, -0.1) is 11.5 Å². The van der Waals surface area contributed by atoms with Gasteiger partial charge in [0.25, 0.3) is 0 Å². The van der Waals surface area contributed by atoms with Crippen molar-refractivity contribution in [2.45, 2.75) is 65.8 Å². The van der Waals surface area contributed by atoms with Crippen LogP contribution < -0.4 is 0 Å². The Morgan fingerprint density at radius 3 is 2.50 bits per heavy atom. The lowest BCUT2D eigenvalue weighted by Crippen LogP contribution is -2.35. The third kappa shape index (κ3) is 4.63. The second kappa shape index (κ2) is 5.63. The molecule has 102 valence electrons. The molecule has 0 unspecified atom stereocenters. The Bertz CT molecular complexity index is 376. The van der Waals surface area contributed by atoms with E-state index in [1.165, 1.54) is 5.57 Å². The number of rotatable bonds is 2. The summed E-state index contributed by atoms with van der Waals surface area (Å²) in [6.45, 7) is 13.5. The minimum absolute atomic E-state index is 0.204. The van der Waals surface area contributed by atoms with Gasteiger partial charge in [0.1, 0.15) is 8.07 Å². The first-order valence-corrected chi connectivity index (χ1v) is 10.5. The van der Waals surface area contributed by atoms with Crippen molar-refractivity contribution in [2.24, 2.45) is 11.3 Å². The van der Waals surface area contributed by atoms with Crippen LogP contribution >= 0.6 is 0 Å². The topological polar surface area (TPSA) is 20.2 Å². The molecule has 1 nitrogen and oxygen atoms in total.